The summed E-state index contributed by atoms with van der Waals surface area (Å²) in [6.07, 6.45) is 0.453. The van der Waals surface area contributed by atoms with Crippen LogP contribution in [-0.4, -0.2) is 34.3 Å². The molecule has 0 aliphatic rings. The zero-order chi connectivity index (χ0) is 16.4. The fraction of sp³-hybridized carbons (Fsp3) is 0.857. The van der Waals surface area contributed by atoms with E-state index in [0.717, 1.165) is 0 Å². The number of carboxylic acids is 1. The number of carbonyl (C=O) groups is 2. The molecule has 1 unspecified atom stereocenters. The van der Waals surface area contributed by atoms with E-state index < -0.39 is 22.2 Å². The molecule has 0 rings (SSSR count). The van der Waals surface area contributed by atoms with E-state index >= 15 is 0 Å². The highest BCUT2D eigenvalue weighted by Crippen LogP contribution is 2.33. The van der Waals surface area contributed by atoms with Gasteiger partial charge in [-0.25, -0.2) is 0 Å². The zero-order valence-electron chi connectivity index (χ0n) is 13.3. The minimum atomic E-state index is -0.843. The molecular weight excluding hydrogens is 276 g/mol. The molecule has 0 aromatic rings. The minimum absolute atomic E-state index is 0.272. The summed E-state index contributed by atoms with van der Waals surface area (Å²) in [4.78, 5) is 23.1. The van der Waals surface area contributed by atoms with Crippen LogP contribution in [0.15, 0.2) is 0 Å². The van der Waals surface area contributed by atoms with E-state index in [4.69, 9.17) is 10.8 Å². The molecule has 1 atom stereocenters. The highest BCUT2D eigenvalue weighted by Gasteiger charge is 2.35. The number of hydrogen-bond donors (Lipinski definition) is 4. The largest absolute Gasteiger partial charge is 0.481 e. The van der Waals surface area contributed by atoms with Crippen molar-refractivity contribution in [2.75, 3.05) is 6.54 Å². The molecule has 0 aliphatic heterocycles. The predicted octanol–water partition coefficient (Wildman–Crippen LogP) is 1.67. The number of carbonyl (C=O) groups excluding carboxylic acids is 1. The minimum Gasteiger partial charge on any atom is -0.481 e. The van der Waals surface area contributed by atoms with Gasteiger partial charge in [-0.1, -0.05) is 13.8 Å². The first-order valence-electron chi connectivity index (χ1n) is 6.68. The SMILES string of the molecule is CC(C)(CNC(=O)C(N)C(C)(C)S)CC(C)(C)C(=O)O. The van der Waals surface area contributed by atoms with Crippen LogP contribution in [0.5, 0.6) is 0 Å². The topological polar surface area (TPSA) is 92.4 Å². The van der Waals surface area contributed by atoms with Gasteiger partial charge in [-0.15, -0.1) is 0 Å². The Morgan fingerprint density at radius 1 is 1.20 bits per heavy atom. The molecule has 4 N–H and O–H groups in total. The van der Waals surface area contributed by atoms with Crippen LogP contribution in [0.4, 0.5) is 0 Å². The van der Waals surface area contributed by atoms with E-state index in [0.29, 0.717) is 13.0 Å². The highest BCUT2D eigenvalue weighted by atomic mass is 32.1. The standard InChI is InChI=1S/C14H28N2O3S/c1-12(2,7-13(3,4)11(18)19)8-16-10(17)9(15)14(5,6)20/h9,20H,7-8,15H2,1-6H3,(H,16,17)(H,18,19). The molecule has 20 heavy (non-hydrogen) atoms. The second-order valence-electron chi connectivity index (χ2n) is 7.38. The van der Waals surface area contributed by atoms with Gasteiger partial charge in [-0.3, -0.25) is 9.59 Å². The van der Waals surface area contributed by atoms with Crippen LogP contribution in [0, 0.1) is 10.8 Å². The number of carboxylic acid groups (broad SMARTS) is 1. The van der Waals surface area contributed by atoms with Crippen molar-refractivity contribution in [3.05, 3.63) is 0 Å². The van der Waals surface area contributed by atoms with Crippen molar-refractivity contribution >= 4 is 24.5 Å². The Bertz CT molecular complexity index is 373. The fourth-order valence-electron chi connectivity index (χ4n) is 2.09. The van der Waals surface area contributed by atoms with Crippen LogP contribution in [0.3, 0.4) is 0 Å². The van der Waals surface area contributed by atoms with Crippen molar-refractivity contribution < 1.29 is 14.7 Å². The lowest BCUT2D eigenvalue weighted by molar-refractivity contribution is -0.148. The summed E-state index contributed by atoms with van der Waals surface area (Å²) in [7, 11) is 0. The Labute approximate surface area is 127 Å². The second kappa shape index (κ2) is 6.35. The summed E-state index contributed by atoms with van der Waals surface area (Å²) >= 11 is 4.29. The Kier molecular flexibility index (Phi) is 6.11. The van der Waals surface area contributed by atoms with Gasteiger partial charge in [0.25, 0.3) is 0 Å². The quantitative estimate of drug-likeness (QED) is 0.538. The molecule has 5 nitrogen and oxygen atoms in total. The number of thiol groups is 1. The van der Waals surface area contributed by atoms with Gasteiger partial charge >= 0.3 is 5.97 Å². The van der Waals surface area contributed by atoms with Gasteiger partial charge in [0.05, 0.1) is 11.5 Å². The fourth-order valence-corrected chi connectivity index (χ4v) is 2.21. The van der Waals surface area contributed by atoms with Crippen molar-refractivity contribution in [2.45, 2.75) is 58.8 Å². The van der Waals surface area contributed by atoms with E-state index in [2.05, 4.69) is 17.9 Å². The monoisotopic (exact) mass is 304 g/mol. The molecule has 0 aliphatic carbocycles. The maximum atomic E-state index is 11.9. The molecule has 1 amide bonds. The molecular formula is C14H28N2O3S. The Morgan fingerprint density at radius 3 is 2.00 bits per heavy atom. The molecule has 0 aromatic heterocycles. The van der Waals surface area contributed by atoms with Crippen LogP contribution in [0.2, 0.25) is 0 Å². The average molecular weight is 304 g/mol. The third-order valence-corrected chi connectivity index (χ3v) is 3.56. The number of amides is 1. The summed E-state index contributed by atoms with van der Waals surface area (Å²) in [6, 6.07) is -0.714. The summed E-state index contributed by atoms with van der Waals surface area (Å²) < 4.78 is -0.603. The summed E-state index contributed by atoms with van der Waals surface area (Å²) in [5.74, 6) is -1.11. The number of aliphatic carboxylic acids is 1. The highest BCUT2D eigenvalue weighted by molar-refractivity contribution is 7.81. The average Bonchev–Trinajstić information content (AvgIpc) is 2.22. The van der Waals surface area contributed by atoms with Crippen LogP contribution < -0.4 is 11.1 Å². The van der Waals surface area contributed by atoms with Crippen LogP contribution >= 0.6 is 12.6 Å². The summed E-state index contributed by atoms with van der Waals surface area (Å²) in [5, 5.41) is 11.9. The van der Waals surface area contributed by atoms with Gasteiger partial charge in [0.15, 0.2) is 0 Å². The molecule has 0 spiro atoms. The van der Waals surface area contributed by atoms with Crippen molar-refractivity contribution in [2.24, 2.45) is 16.6 Å². The van der Waals surface area contributed by atoms with Gasteiger partial charge in [-0.2, -0.15) is 12.6 Å². The van der Waals surface area contributed by atoms with E-state index in [1.54, 1.807) is 27.7 Å². The first kappa shape index (κ1) is 19.2. The molecule has 0 saturated heterocycles. The van der Waals surface area contributed by atoms with Crippen molar-refractivity contribution in [3.63, 3.8) is 0 Å². The van der Waals surface area contributed by atoms with Crippen LogP contribution in [0.25, 0.3) is 0 Å². The van der Waals surface area contributed by atoms with Crippen LogP contribution in [0.1, 0.15) is 48.0 Å². The Morgan fingerprint density at radius 2 is 1.65 bits per heavy atom. The van der Waals surface area contributed by atoms with E-state index in [9.17, 15) is 9.59 Å². The molecule has 118 valence electrons. The van der Waals surface area contributed by atoms with Gasteiger partial charge in [0.1, 0.15) is 0 Å². The molecule has 0 radical (unpaired) electrons. The number of nitrogens with one attached hydrogen (secondary N) is 1. The molecule has 0 bridgehead atoms. The van der Waals surface area contributed by atoms with E-state index in [1.165, 1.54) is 0 Å². The maximum absolute atomic E-state index is 11.9. The number of hydrogen-bond acceptors (Lipinski definition) is 4. The second-order valence-corrected chi connectivity index (χ2v) is 8.53. The van der Waals surface area contributed by atoms with Gasteiger partial charge in [0, 0.05) is 11.3 Å². The lowest BCUT2D eigenvalue weighted by atomic mass is 9.75. The van der Waals surface area contributed by atoms with Crippen molar-refractivity contribution in [1.29, 1.82) is 0 Å². The van der Waals surface area contributed by atoms with Gasteiger partial charge in [0.2, 0.25) is 5.91 Å². The first-order chi connectivity index (χ1) is 8.69. The Balaban J connectivity index is 4.58. The third kappa shape index (κ3) is 6.13. The smallest absolute Gasteiger partial charge is 0.309 e. The first-order valence-corrected chi connectivity index (χ1v) is 7.13. The van der Waals surface area contributed by atoms with E-state index in [1.807, 2.05) is 13.8 Å². The van der Waals surface area contributed by atoms with Crippen molar-refractivity contribution in [1.82, 2.24) is 5.32 Å². The third-order valence-electron chi connectivity index (χ3n) is 3.28. The molecule has 0 aromatic carbocycles. The maximum Gasteiger partial charge on any atom is 0.309 e. The van der Waals surface area contributed by atoms with Gasteiger partial charge in [-0.05, 0) is 39.5 Å². The Hall–Kier alpha value is -0.750. The molecule has 0 fully saturated rings. The lowest BCUT2D eigenvalue weighted by Crippen LogP contribution is -2.52. The summed E-state index contributed by atoms with van der Waals surface area (Å²) in [5.41, 5.74) is 4.65. The normalized spacial score (nSPS) is 14.8. The molecule has 0 saturated carbocycles. The predicted molar refractivity (Wildman–Crippen MR) is 83.9 cm³/mol. The van der Waals surface area contributed by atoms with Crippen molar-refractivity contribution in [3.8, 4) is 0 Å². The van der Waals surface area contributed by atoms with Gasteiger partial charge < -0.3 is 16.2 Å². The van der Waals surface area contributed by atoms with Crippen LogP contribution in [-0.2, 0) is 9.59 Å². The molecule has 6 heteroatoms. The lowest BCUT2D eigenvalue weighted by Gasteiger charge is -2.33. The van der Waals surface area contributed by atoms with E-state index in [-0.39, 0.29) is 11.3 Å². The zero-order valence-corrected chi connectivity index (χ0v) is 14.2. The number of rotatable bonds is 7. The molecule has 0 heterocycles. The summed E-state index contributed by atoms with van der Waals surface area (Å²) in [6.45, 7) is 11.1. The number of nitrogens with two attached hydrogens (primary N) is 1.